The summed E-state index contributed by atoms with van der Waals surface area (Å²) < 4.78 is 35.0. The van der Waals surface area contributed by atoms with E-state index >= 15 is 4.39 Å². The van der Waals surface area contributed by atoms with Crippen molar-refractivity contribution < 1.29 is 26.0 Å². The van der Waals surface area contributed by atoms with Crippen molar-refractivity contribution >= 4 is 23.2 Å². The summed E-state index contributed by atoms with van der Waals surface area (Å²) in [5.41, 5.74) is 0.901. The number of nitrogens with zero attached hydrogens (tertiary/aromatic N) is 3. The lowest BCUT2D eigenvalue weighted by molar-refractivity contribution is -0.123. The molecule has 4 rings (SSSR count). The van der Waals surface area contributed by atoms with Crippen LogP contribution in [0.15, 0.2) is 24.3 Å². The molecule has 32 heavy (non-hydrogen) atoms. The van der Waals surface area contributed by atoms with Gasteiger partial charge in [-0.15, -0.1) is 0 Å². The number of hydrogen-bond donors (Lipinski definition) is 2. The molecule has 1 saturated heterocycles. The van der Waals surface area contributed by atoms with E-state index in [0.717, 1.165) is 0 Å². The first-order valence-corrected chi connectivity index (χ1v) is 10.6. The van der Waals surface area contributed by atoms with Gasteiger partial charge in [0.15, 0.2) is 11.9 Å². The van der Waals surface area contributed by atoms with E-state index in [2.05, 4.69) is 20.5 Å². The first kappa shape index (κ1) is 21.9. The highest BCUT2D eigenvalue weighted by molar-refractivity contribution is 5.98. The fourth-order valence-corrected chi connectivity index (χ4v) is 3.92. The van der Waals surface area contributed by atoms with Crippen LogP contribution in [0.25, 0.3) is 0 Å². The van der Waals surface area contributed by atoms with E-state index in [1.807, 2.05) is 11.8 Å². The number of nitrogens with one attached hydrogen (secondary N) is 2. The van der Waals surface area contributed by atoms with Gasteiger partial charge < -0.3 is 20.3 Å². The number of fused-ring (bicyclic) bond motifs is 1. The highest BCUT2D eigenvalue weighted by atomic mass is 19.1. The van der Waals surface area contributed by atoms with Crippen LogP contribution in [0.3, 0.4) is 0 Å². The van der Waals surface area contributed by atoms with Crippen LogP contribution in [0.5, 0.6) is 5.75 Å². The molecule has 8 nitrogen and oxygen atoms in total. The topological polar surface area (TPSA) is 86.8 Å². The number of carbonyl (C=O) groups excluding carboxylic acids is 2. The minimum Gasteiger partial charge on any atom is -0.478 e. The average molecular weight is 450 g/mol. The van der Waals surface area contributed by atoms with E-state index in [4.69, 9.17) is 4.74 Å². The molecule has 1 aromatic carbocycles. The van der Waals surface area contributed by atoms with Crippen LogP contribution in [-0.2, 0) is 11.3 Å². The zero-order valence-electron chi connectivity index (χ0n) is 18.0. The van der Waals surface area contributed by atoms with Crippen LogP contribution in [0.2, 0.25) is 0 Å². The SMILES string of the molecule is CC[C@H]1Oc2ccc(CN3CCN(c4ccc(C(=O)NC)nc4F)CC3)c(F)c2NC1=O.[HH].[HH]. The monoisotopic (exact) mass is 449 g/mol. The molecule has 0 aliphatic carbocycles. The molecule has 3 heterocycles. The number of anilines is 2. The van der Waals surface area contributed by atoms with E-state index in [-0.39, 0.29) is 20.1 Å². The third-order valence-corrected chi connectivity index (χ3v) is 5.76. The number of halogens is 2. The molecule has 2 aromatic rings. The number of carbonyl (C=O) groups is 2. The lowest BCUT2D eigenvalue weighted by Crippen LogP contribution is -2.46. The summed E-state index contributed by atoms with van der Waals surface area (Å²) in [7, 11) is 1.46. The number of aromatic nitrogens is 1. The standard InChI is InChI=1S/C22H25F2N5O3.2H2/c1-3-16-22(31)27-19-17(32-16)7-4-13(18(19)23)12-28-8-10-29(11-9-28)15-6-5-14(21(30)25-2)26-20(15)24;;/h4-7,16H,3,8-12H2,1-2H3,(H,25,30)(H,27,31);2*1H/t16-;;/m1../s1. The number of benzene rings is 1. The Morgan fingerprint density at radius 3 is 2.66 bits per heavy atom. The van der Waals surface area contributed by atoms with E-state index in [1.54, 1.807) is 18.2 Å². The second-order valence-electron chi connectivity index (χ2n) is 7.76. The normalized spacial score (nSPS) is 18.6. The predicted molar refractivity (Wildman–Crippen MR) is 119 cm³/mol. The lowest BCUT2D eigenvalue weighted by Gasteiger charge is -2.36. The summed E-state index contributed by atoms with van der Waals surface area (Å²) in [5.74, 6) is -1.64. The first-order chi connectivity index (χ1) is 15.4. The van der Waals surface area contributed by atoms with Crippen molar-refractivity contribution in [1.82, 2.24) is 15.2 Å². The van der Waals surface area contributed by atoms with Gasteiger partial charge in [0.25, 0.3) is 11.8 Å². The zero-order chi connectivity index (χ0) is 22.8. The summed E-state index contributed by atoms with van der Waals surface area (Å²) in [6, 6.07) is 6.40. The molecule has 0 unspecified atom stereocenters. The third-order valence-electron chi connectivity index (χ3n) is 5.76. The fourth-order valence-electron chi connectivity index (χ4n) is 3.92. The maximum absolute atomic E-state index is 15.0. The summed E-state index contributed by atoms with van der Waals surface area (Å²) in [5, 5.41) is 5.03. The number of hydrogen-bond acceptors (Lipinski definition) is 6. The Hall–Kier alpha value is -3.27. The number of rotatable bonds is 5. The third kappa shape index (κ3) is 4.22. The molecule has 174 valence electrons. The van der Waals surface area contributed by atoms with Crippen molar-refractivity contribution in [2.24, 2.45) is 0 Å². The summed E-state index contributed by atoms with van der Waals surface area (Å²) in [6.45, 7) is 4.43. The van der Waals surface area contributed by atoms with Gasteiger partial charge in [-0.3, -0.25) is 14.5 Å². The molecule has 2 aliphatic rings. The largest absolute Gasteiger partial charge is 0.478 e. The molecule has 0 radical (unpaired) electrons. The van der Waals surface area contributed by atoms with Crippen molar-refractivity contribution in [2.45, 2.75) is 26.0 Å². The van der Waals surface area contributed by atoms with Crippen molar-refractivity contribution in [2.75, 3.05) is 43.4 Å². The Bertz CT molecular complexity index is 1050. The molecule has 10 heteroatoms. The first-order valence-electron chi connectivity index (χ1n) is 10.6. The Balaban J connectivity index is 0.00000204. The van der Waals surface area contributed by atoms with Crippen LogP contribution in [-0.4, -0.2) is 61.0 Å². The number of piperazine rings is 1. The predicted octanol–water partition coefficient (Wildman–Crippen LogP) is 2.64. The molecular formula is C22H29F2N5O3. The highest BCUT2D eigenvalue weighted by Gasteiger charge is 2.30. The van der Waals surface area contributed by atoms with E-state index in [1.165, 1.54) is 13.1 Å². The number of amides is 2. The van der Waals surface area contributed by atoms with Gasteiger partial charge in [-0.05, 0) is 24.6 Å². The number of ether oxygens (including phenoxy) is 1. The van der Waals surface area contributed by atoms with Crippen molar-refractivity contribution in [3.05, 3.63) is 47.3 Å². The molecule has 2 aliphatic heterocycles. The fraction of sp³-hybridized carbons (Fsp3) is 0.409. The van der Waals surface area contributed by atoms with Gasteiger partial charge in [-0.2, -0.15) is 4.39 Å². The zero-order valence-corrected chi connectivity index (χ0v) is 18.0. The van der Waals surface area contributed by atoms with Crippen LogP contribution >= 0.6 is 0 Å². The Labute approximate surface area is 187 Å². The average Bonchev–Trinajstić information content (AvgIpc) is 2.81. The Kier molecular flexibility index (Phi) is 6.22. The number of pyridine rings is 1. The second-order valence-corrected chi connectivity index (χ2v) is 7.76. The Morgan fingerprint density at radius 1 is 1.25 bits per heavy atom. The lowest BCUT2D eigenvalue weighted by atomic mass is 10.1. The molecule has 0 saturated carbocycles. The molecule has 2 N–H and O–H groups in total. The van der Waals surface area contributed by atoms with E-state index < -0.39 is 23.8 Å². The molecule has 1 fully saturated rings. The van der Waals surface area contributed by atoms with Crippen LogP contribution in [0, 0.1) is 11.8 Å². The maximum Gasteiger partial charge on any atom is 0.269 e. The maximum atomic E-state index is 15.0. The van der Waals surface area contributed by atoms with Gasteiger partial charge in [0.05, 0.1) is 5.69 Å². The quantitative estimate of drug-likeness (QED) is 0.683. The molecule has 1 atom stereocenters. The summed E-state index contributed by atoms with van der Waals surface area (Å²) >= 11 is 0. The van der Waals surface area contributed by atoms with Gasteiger partial charge in [-0.1, -0.05) is 13.0 Å². The van der Waals surface area contributed by atoms with Gasteiger partial charge in [0.2, 0.25) is 5.95 Å². The summed E-state index contributed by atoms with van der Waals surface area (Å²) in [4.78, 5) is 31.3. The van der Waals surface area contributed by atoms with Gasteiger partial charge in [-0.25, -0.2) is 9.37 Å². The second kappa shape index (κ2) is 9.07. The minimum atomic E-state index is -0.693. The van der Waals surface area contributed by atoms with Crippen molar-refractivity contribution in [3.8, 4) is 5.75 Å². The smallest absolute Gasteiger partial charge is 0.269 e. The van der Waals surface area contributed by atoms with Gasteiger partial charge in [0, 0.05) is 48.2 Å². The minimum absolute atomic E-state index is 0. The van der Waals surface area contributed by atoms with Crippen LogP contribution in [0.4, 0.5) is 20.2 Å². The van der Waals surface area contributed by atoms with Crippen LogP contribution < -0.4 is 20.3 Å². The molecular weight excluding hydrogens is 420 g/mol. The van der Waals surface area contributed by atoms with E-state index in [9.17, 15) is 14.0 Å². The molecule has 2 amide bonds. The van der Waals surface area contributed by atoms with Crippen molar-refractivity contribution in [3.63, 3.8) is 0 Å². The van der Waals surface area contributed by atoms with Crippen LogP contribution in [0.1, 0.15) is 32.2 Å². The molecule has 1 aromatic heterocycles. The Morgan fingerprint density at radius 2 is 2.00 bits per heavy atom. The van der Waals surface area contributed by atoms with Gasteiger partial charge in [0.1, 0.15) is 17.1 Å². The highest BCUT2D eigenvalue weighted by Crippen LogP contribution is 2.35. The molecule has 0 spiro atoms. The molecule has 0 bridgehead atoms. The van der Waals surface area contributed by atoms with Gasteiger partial charge >= 0.3 is 0 Å². The summed E-state index contributed by atoms with van der Waals surface area (Å²) in [6.07, 6.45) is -0.107. The van der Waals surface area contributed by atoms with E-state index in [0.29, 0.717) is 56.1 Å². The van der Waals surface area contributed by atoms with Crippen molar-refractivity contribution in [1.29, 1.82) is 0 Å².